The van der Waals surface area contributed by atoms with E-state index >= 15 is 0 Å². The number of carbonyl (C=O) groups excluding carboxylic acids is 4. The van der Waals surface area contributed by atoms with Crippen LogP contribution in [0.15, 0.2) is 11.4 Å². The SMILES string of the molecule is CCOC(=O)c1cnc(SCC(=O)Nc2sc(C(N)=O)c(C)c2C(=O)OCC)nc1N. The number of hydrogen-bond acceptors (Lipinski definition) is 11. The summed E-state index contributed by atoms with van der Waals surface area (Å²) in [5.74, 6) is -2.70. The van der Waals surface area contributed by atoms with E-state index in [0.717, 1.165) is 23.1 Å². The molecule has 0 aliphatic carbocycles. The molecule has 2 aromatic heterocycles. The van der Waals surface area contributed by atoms with E-state index in [1.807, 2.05) is 0 Å². The van der Waals surface area contributed by atoms with Crippen LogP contribution in [-0.2, 0) is 14.3 Å². The van der Waals surface area contributed by atoms with Gasteiger partial charge in [-0.25, -0.2) is 19.6 Å². The molecule has 2 heterocycles. The lowest BCUT2D eigenvalue weighted by Crippen LogP contribution is -2.17. The van der Waals surface area contributed by atoms with E-state index in [2.05, 4.69) is 15.3 Å². The first-order chi connectivity index (χ1) is 14.7. The molecule has 0 unspecified atom stereocenters. The molecule has 0 fully saturated rings. The normalized spacial score (nSPS) is 10.4. The van der Waals surface area contributed by atoms with Crippen LogP contribution in [0.3, 0.4) is 0 Å². The second-order valence-corrected chi connectivity index (χ2v) is 7.82. The molecule has 0 spiro atoms. The number of ether oxygens (including phenoxy) is 2. The molecule has 0 bridgehead atoms. The first kappa shape index (κ1) is 24.1. The van der Waals surface area contributed by atoms with Gasteiger partial charge in [0.1, 0.15) is 16.4 Å². The summed E-state index contributed by atoms with van der Waals surface area (Å²) in [6.45, 7) is 5.16. The fourth-order valence-corrected chi connectivity index (χ4v) is 4.08. The van der Waals surface area contributed by atoms with E-state index in [-0.39, 0.29) is 50.9 Å². The van der Waals surface area contributed by atoms with Gasteiger partial charge in [-0.2, -0.15) is 0 Å². The summed E-state index contributed by atoms with van der Waals surface area (Å²) in [7, 11) is 0. The van der Waals surface area contributed by atoms with E-state index in [4.69, 9.17) is 20.9 Å². The Hall–Kier alpha value is -3.19. The molecule has 0 saturated heterocycles. The molecule has 2 amide bonds. The Morgan fingerprint density at radius 2 is 1.81 bits per heavy atom. The van der Waals surface area contributed by atoms with Crippen molar-refractivity contribution in [3.8, 4) is 0 Å². The number of nitrogens with zero attached hydrogens (tertiary/aromatic N) is 2. The summed E-state index contributed by atoms with van der Waals surface area (Å²) < 4.78 is 9.85. The van der Waals surface area contributed by atoms with Crippen LogP contribution in [0.25, 0.3) is 0 Å². The van der Waals surface area contributed by atoms with E-state index in [1.165, 1.54) is 6.20 Å². The van der Waals surface area contributed by atoms with Crippen molar-refractivity contribution in [3.63, 3.8) is 0 Å². The van der Waals surface area contributed by atoms with Gasteiger partial charge in [0.05, 0.1) is 29.4 Å². The van der Waals surface area contributed by atoms with Gasteiger partial charge < -0.3 is 26.3 Å². The molecule has 31 heavy (non-hydrogen) atoms. The van der Waals surface area contributed by atoms with Gasteiger partial charge in [0.2, 0.25) is 5.91 Å². The van der Waals surface area contributed by atoms with Crippen molar-refractivity contribution >= 4 is 57.7 Å². The molecule has 0 aliphatic heterocycles. The monoisotopic (exact) mass is 467 g/mol. The summed E-state index contributed by atoms with van der Waals surface area (Å²) in [6.07, 6.45) is 1.22. The third-order valence-electron chi connectivity index (χ3n) is 3.73. The number of aromatic nitrogens is 2. The van der Waals surface area contributed by atoms with Crippen LogP contribution >= 0.6 is 23.1 Å². The van der Waals surface area contributed by atoms with Gasteiger partial charge in [0, 0.05) is 6.20 Å². The second-order valence-electron chi connectivity index (χ2n) is 5.85. The van der Waals surface area contributed by atoms with Crippen molar-refractivity contribution < 1.29 is 28.7 Å². The third-order valence-corrected chi connectivity index (χ3v) is 5.81. The summed E-state index contributed by atoms with van der Waals surface area (Å²) in [5.41, 5.74) is 11.5. The van der Waals surface area contributed by atoms with Crippen molar-refractivity contribution in [1.29, 1.82) is 0 Å². The first-order valence-corrected chi connectivity index (χ1v) is 10.8. The Bertz CT molecular complexity index is 1020. The van der Waals surface area contributed by atoms with E-state index in [1.54, 1.807) is 20.8 Å². The fraction of sp³-hybridized carbons (Fsp3) is 0.333. The molecule has 0 aromatic carbocycles. The highest BCUT2D eigenvalue weighted by atomic mass is 32.2. The second kappa shape index (κ2) is 10.7. The number of rotatable bonds is 9. The number of thiophene rings is 1. The maximum Gasteiger partial charge on any atom is 0.343 e. The summed E-state index contributed by atoms with van der Waals surface area (Å²) in [4.78, 5) is 56.1. The standard InChI is InChI=1S/C18H21N5O6S2/c1-4-28-16(26)9-6-21-18(23-13(9)19)30-7-10(24)22-15-11(17(27)29-5-2)8(3)12(31-15)14(20)25/h6H,4-5,7H2,1-3H3,(H2,20,25)(H,22,24)(H2,19,21,23). The van der Waals surface area contributed by atoms with Crippen molar-refractivity contribution in [2.75, 3.05) is 30.0 Å². The Morgan fingerprint density at radius 3 is 2.39 bits per heavy atom. The third kappa shape index (κ3) is 5.92. The summed E-state index contributed by atoms with van der Waals surface area (Å²) in [6, 6.07) is 0. The van der Waals surface area contributed by atoms with Crippen molar-refractivity contribution in [3.05, 3.63) is 27.8 Å². The molecular weight excluding hydrogens is 446 g/mol. The highest BCUT2D eigenvalue weighted by Gasteiger charge is 2.25. The molecule has 0 atom stereocenters. The number of amides is 2. The van der Waals surface area contributed by atoms with Crippen LogP contribution in [0, 0.1) is 6.92 Å². The molecule has 13 heteroatoms. The average Bonchev–Trinajstić information content (AvgIpc) is 3.02. The zero-order chi connectivity index (χ0) is 23.1. The zero-order valence-corrected chi connectivity index (χ0v) is 18.6. The van der Waals surface area contributed by atoms with Crippen LogP contribution in [0.5, 0.6) is 0 Å². The largest absolute Gasteiger partial charge is 0.462 e. The minimum Gasteiger partial charge on any atom is -0.462 e. The van der Waals surface area contributed by atoms with E-state index in [9.17, 15) is 19.2 Å². The maximum atomic E-state index is 12.4. The molecule has 166 valence electrons. The predicted octanol–water partition coefficient (Wildman–Crippen LogP) is 1.61. The zero-order valence-electron chi connectivity index (χ0n) is 17.0. The fourth-order valence-electron chi connectivity index (χ4n) is 2.39. The Labute approximate surface area is 185 Å². The minimum absolute atomic E-state index is 0.0303. The van der Waals surface area contributed by atoms with Gasteiger partial charge in [0.15, 0.2) is 5.16 Å². The summed E-state index contributed by atoms with van der Waals surface area (Å²) >= 11 is 1.86. The van der Waals surface area contributed by atoms with E-state index in [0.29, 0.717) is 5.56 Å². The maximum absolute atomic E-state index is 12.4. The molecular formula is C18H21N5O6S2. The van der Waals surface area contributed by atoms with Crippen LogP contribution in [0.1, 0.15) is 49.8 Å². The quantitative estimate of drug-likeness (QED) is 0.279. The lowest BCUT2D eigenvalue weighted by molar-refractivity contribution is -0.113. The Morgan fingerprint density at radius 1 is 1.16 bits per heavy atom. The van der Waals surface area contributed by atoms with Gasteiger partial charge in [-0.05, 0) is 26.3 Å². The topological polar surface area (TPSA) is 177 Å². The van der Waals surface area contributed by atoms with Gasteiger partial charge in [-0.15, -0.1) is 11.3 Å². The number of anilines is 2. The number of thioether (sulfide) groups is 1. The molecule has 0 radical (unpaired) electrons. The molecule has 0 saturated carbocycles. The number of nitrogens with one attached hydrogen (secondary N) is 1. The lowest BCUT2D eigenvalue weighted by atomic mass is 10.1. The van der Waals surface area contributed by atoms with E-state index < -0.39 is 23.8 Å². The highest BCUT2D eigenvalue weighted by Crippen LogP contribution is 2.33. The van der Waals surface area contributed by atoms with Crippen molar-refractivity contribution in [1.82, 2.24) is 9.97 Å². The van der Waals surface area contributed by atoms with Crippen molar-refractivity contribution in [2.45, 2.75) is 25.9 Å². The lowest BCUT2D eigenvalue weighted by Gasteiger charge is -2.08. The first-order valence-electron chi connectivity index (χ1n) is 9.02. The van der Waals surface area contributed by atoms with Gasteiger partial charge in [0.25, 0.3) is 5.91 Å². The number of nitrogens with two attached hydrogens (primary N) is 2. The minimum atomic E-state index is -0.714. The van der Waals surface area contributed by atoms with Crippen LogP contribution in [-0.4, -0.2) is 52.7 Å². The number of esters is 2. The van der Waals surface area contributed by atoms with Gasteiger partial charge >= 0.3 is 11.9 Å². The van der Waals surface area contributed by atoms with Crippen LogP contribution < -0.4 is 16.8 Å². The van der Waals surface area contributed by atoms with Crippen LogP contribution in [0.4, 0.5) is 10.8 Å². The number of hydrogen-bond donors (Lipinski definition) is 3. The smallest absolute Gasteiger partial charge is 0.343 e. The number of primary amides is 1. The average molecular weight is 468 g/mol. The van der Waals surface area contributed by atoms with Crippen molar-refractivity contribution in [2.24, 2.45) is 5.73 Å². The number of nitrogen functional groups attached to an aromatic ring is 1. The summed E-state index contributed by atoms with van der Waals surface area (Å²) in [5, 5.41) is 2.92. The molecule has 2 aromatic rings. The van der Waals surface area contributed by atoms with Gasteiger partial charge in [-0.3, -0.25) is 9.59 Å². The highest BCUT2D eigenvalue weighted by molar-refractivity contribution is 7.99. The molecule has 0 aliphatic rings. The van der Waals surface area contributed by atoms with Crippen LogP contribution in [0.2, 0.25) is 0 Å². The Balaban J connectivity index is 2.12. The number of carbonyl (C=O) groups is 4. The Kier molecular flexibility index (Phi) is 8.33. The predicted molar refractivity (Wildman–Crippen MR) is 115 cm³/mol. The molecule has 2 rings (SSSR count). The van der Waals surface area contributed by atoms with Gasteiger partial charge in [-0.1, -0.05) is 11.8 Å². The molecule has 5 N–H and O–H groups in total. The molecule has 11 nitrogen and oxygen atoms in total.